The fraction of sp³-hybridized carbons (Fsp3) is 0.706. The van der Waals surface area contributed by atoms with Gasteiger partial charge >= 0.3 is 0 Å². The van der Waals surface area contributed by atoms with E-state index in [2.05, 4.69) is 35.1 Å². The standard InChI is InChI=1S/C17H29N3O/c1-6-20(7-2)15-8-9-19(11-15)12-17(21)16-10-13(3)18(5)14(16)4/h10,15H,6-9,11-12H2,1-5H3. The average molecular weight is 291 g/mol. The number of likely N-dealkylation sites (N-methyl/N-ethyl adjacent to an activating group) is 1. The number of Topliss-reactive ketones (excluding diaryl/α,β-unsaturated/α-hetero) is 1. The van der Waals surface area contributed by atoms with Crippen molar-refractivity contribution < 1.29 is 4.79 Å². The number of rotatable bonds is 6. The third-order valence-corrected chi connectivity index (χ3v) is 5.02. The van der Waals surface area contributed by atoms with Crippen LogP contribution >= 0.6 is 0 Å². The van der Waals surface area contributed by atoms with Crippen molar-refractivity contribution in [1.29, 1.82) is 0 Å². The number of ketones is 1. The van der Waals surface area contributed by atoms with Gasteiger partial charge in [-0.2, -0.15) is 0 Å². The van der Waals surface area contributed by atoms with E-state index in [1.807, 2.05) is 20.0 Å². The number of nitrogens with zero attached hydrogens (tertiary/aromatic N) is 3. The Morgan fingerprint density at radius 2 is 2.00 bits per heavy atom. The van der Waals surface area contributed by atoms with E-state index in [1.54, 1.807) is 0 Å². The predicted molar refractivity (Wildman–Crippen MR) is 87.0 cm³/mol. The van der Waals surface area contributed by atoms with Crippen molar-refractivity contribution >= 4 is 5.78 Å². The molecule has 2 heterocycles. The van der Waals surface area contributed by atoms with Crippen molar-refractivity contribution in [1.82, 2.24) is 14.4 Å². The van der Waals surface area contributed by atoms with E-state index in [-0.39, 0.29) is 5.78 Å². The van der Waals surface area contributed by atoms with Crippen LogP contribution in [0, 0.1) is 13.8 Å². The fourth-order valence-electron chi connectivity index (χ4n) is 3.42. The topological polar surface area (TPSA) is 28.5 Å². The summed E-state index contributed by atoms with van der Waals surface area (Å²) in [6.45, 7) is 13.3. The Morgan fingerprint density at radius 1 is 1.33 bits per heavy atom. The lowest BCUT2D eigenvalue weighted by Gasteiger charge is -2.26. The number of hydrogen-bond acceptors (Lipinski definition) is 3. The molecular weight excluding hydrogens is 262 g/mol. The first-order valence-corrected chi connectivity index (χ1v) is 8.10. The van der Waals surface area contributed by atoms with Crippen molar-refractivity contribution in [3.05, 3.63) is 23.0 Å². The highest BCUT2D eigenvalue weighted by Gasteiger charge is 2.28. The Balaban J connectivity index is 1.97. The molecule has 0 saturated carbocycles. The summed E-state index contributed by atoms with van der Waals surface area (Å²) in [5.41, 5.74) is 3.12. The number of aromatic nitrogens is 1. The minimum atomic E-state index is 0.261. The molecule has 1 saturated heterocycles. The fourth-order valence-corrected chi connectivity index (χ4v) is 3.42. The van der Waals surface area contributed by atoms with Crippen molar-refractivity contribution in [2.24, 2.45) is 7.05 Å². The zero-order valence-corrected chi connectivity index (χ0v) is 14.1. The van der Waals surface area contributed by atoms with Gasteiger partial charge in [0.2, 0.25) is 0 Å². The molecule has 1 aliphatic rings. The molecule has 0 aliphatic carbocycles. The first-order valence-electron chi connectivity index (χ1n) is 8.10. The van der Waals surface area contributed by atoms with Crippen LogP contribution in [-0.4, -0.2) is 58.9 Å². The van der Waals surface area contributed by atoms with Gasteiger partial charge in [0.25, 0.3) is 0 Å². The molecule has 2 rings (SSSR count). The Morgan fingerprint density at radius 3 is 2.52 bits per heavy atom. The monoisotopic (exact) mass is 291 g/mol. The van der Waals surface area contributed by atoms with Crippen LogP contribution in [0.15, 0.2) is 6.07 Å². The smallest absolute Gasteiger partial charge is 0.178 e. The first kappa shape index (κ1) is 16.2. The molecule has 0 N–H and O–H groups in total. The SMILES string of the molecule is CCN(CC)C1CCN(CC(=O)c2cc(C)n(C)c2C)C1. The average Bonchev–Trinajstić information content (AvgIpc) is 3.01. The van der Waals surface area contributed by atoms with E-state index in [0.717, 1.165) is 43.1 Å². The molecule has 0 amide bonds. The highest BCUT2D eigenvalue weighted by Crippen LogP contribution is 2.18. The van der Waals surface area contributed by atoms with E-state index in [4.69, 9.17) is 0 Å². The molecule has 1 aliphatic heterocycles. The highest BCUT2D eigenvalue weighted by atomic mass is 16.1. The summed E-state index contributed by atoms with van der Waals surface area (Å²) >= 11 is 0. The second kappa shape index (κ2) is 6.75. The molecule has 1 fully saturated rings. The van der Waals surface area contributed by atoms with Gasteiger partial charge in [-0.3, -0.25) is 14.6 Å². The normalized spacial score (nSPS) is 19.6. The van der Waals surface area contributed by atoms with Gasteiger partial charge in [0, 0.05) is 43.1 Å². The van der Waals surface area contributed by atoms with Gasteiger partial charge in [-0.1, -0.05) is 13.8 Å². The molecule has 1 aromatic rings. The molecule has 0 spiro atoms. The maximum absolute atomic E-state index is 12.5. The summed E-state index contributed by atoms with van der Waals surface area (Å²) in [6.07, 6.45) is 1.18. The van der Waals surface area contributed by atoms with Crippen molar-refractivity contribution in [2.45, 2.75) is 40.2 Å². The Bertz CT molecular complexity index is 502. The van der Waals surface area contributed by atoms with Crippen LogP contribution in [0.25, 0.3) is 0 Å². The summed E-state index contributed by atoms with van der Waals surface area (Å²) in [6, 6.07) is 2.64. The second-order valence-electron chi connectivity index (χ2n) is 6.17. The van der Waals surface area contributed by atoms with E-state index >= 15 is 0 Å². The van der Waals surface area contributed by atoms with Crippen LogP contribution in [0.4, 0.5) is 0 Å². The van der Waals surface area contributed by atoms with Gasteiger partial charge in [0.05, 0.1) is 6.54 Å². The lowest BCUT2D eigenvalue weighted by Crippen LogP contribution is -2.38. The quantitative estimate of drug-likeness (QED) is 0.753. The molecule has 1 aromatic heterocycles. The summed E-state index contributed by atoms with van der Waals surface area (Å²) < 4.78 is 2.09. The second-order valence-corrected chi connectivity index (χ2v) is 6.17. The van der Waals surface area contributed by atoms with E-state index in [9.17, 15) is 4.79 Å². The lowest BCUT2D eigenvalue weighted by atomic mass is 10.1. The maximum Gasteiger partial charge on any atom is 0.178 e. The van der Waals surface area contributed by atoms with Gasteiger partial charge in [-0.15, -0.1) is 0 Å². The summed E-state index contributed by atoms with van der Waals surface area (Å²) in [7, 11) is 2.02. The highest BCUT2D eigenvalue weighted by molar-refractivity contribution is 5.99. The zero-order chi connectivity index (χ0) is 15.6. The van der Waals surface area contributed by atoms with Gasteiger partial charge in [0.15, 0.2) is 5.78 Å². The van der Waals surface area contributed by atoms with Crippen molar-refractivity contribution in [3.63, 3.8) is 0 Å². The lowest BCUT2D eigenvalue weighted by molar-refractivity contribution is 0.0938. The third-order valence-electron chi connectivity index (χ3n) is 5.02. The summed E-state index contributed by atoms with van der Waals surface area (Å²) in [4.78, 5) is 17.3. The van der Waals surface area contributed by atoms with E-state index in [1.165, 1.54) is 6.42 Å². The summed E-state index contributed by atoms with van der Waals surface area (Å²) in [5.74, 6) is 0.261. The maximum atomic E-state index is 12.5. The minimum absolute atomic E-state index is 0.261. The largest absolute Gasteiger partial charge is 0.351 e. The molecule has 1 unspecified atom stereocenters. The van der Waals surface area contributed by atoms with E-state index < -0.39 is 0 Å². The molecule has 4 heteroatoms. The molecule has 21 heavy (non-hydrogen) atoms. The molecule has 0 bridgehead atoms. The Labute approximate surface area is 128 Å². The van der Waals surface area contributed by atoms with Gasteiger partial charge in [-0.25, -0.2) is 0 Å². The third kappa shape index (κ3) is 3.38. The number of likely N-dealkylation sites (tertiary alicyclic amines) is 1. The van der Waals surface area contributed by atoms with Crippen LogP contribution in [0.2, 0.25) is 0 Å². The predicted octanol–water partition coefficient (Wildman–Crippen LogP) is 2.24. The van der Waals surface area contributed by atoms with E-state index in [0.29, 0.717) is 12.6 Å². The molecule has 4 nitrogen and oxygen atoms in total. The molecular formula is C17H29N3O. The number of hydrogen-bond donors (Lipinski definition) is 0. The van der Waals surface area contributed by atoms with Gasteiger partial charge in [-0.05, 0) is 39.4 Å². The Kier molecular flexibility index (Phi) is 5.22. The molecule has 1 atom stereocenters. The van der Waals surface area contributed by atoms with Crippen LogP contribution in [0.1, 0.15) is 42.0 Å². The number of carbonyl (C=O) groups is 1. The van der Waals surface area contributed by atoms with Crippen molar-refractivity contribution in [3.8, 4) is 0 Å². The number of aryl methyl sites for hydroxylation is 1. The molecule has 118 valence electrons. The zero-order valence-electron chi connectivity index (χ0n) is 14.1. The van der Waals surface area contributed by atoms with Gasteiger partial charge in [0.1, 0.15) is 0 Å². The van der Waals surface area contributed by atoms with Crippen molar-refractivity contribution in [2.75, 3.05) is 32.7 Å². The molecule has 0 aromatic carbocycles. The van der Waals surface area contributed by atoms with Crippen LogP contribution in [0.3, 0.4) is 0 Å². The molecule has 0 radical (unpaired) electrons. The first-order chi connectivity index (χ1) is 9.97. The Hall–Kier alpha value is -1.13. The number of carbonyl (C=O) groups excluding carboxylic acids is 1. The minimum Gasteiger partial charge on any atom is -0.351 e. The van der Waals surface area contributed by atoms with Gasteiger partial charge < -0.3 is 4.57 Å². The van der Waals surface area contributed by atoms with Crippen LogP contribution < -0.4 is 0 Å². The van der Waals surface area contributed by atoms with Crippen LogP contribution in [-0.2, 0) is 7.05 Å². The van der Waals surface area contributed by atoms with Crippen LogP contribution in [0.5, 0.6) is 0 Å². The summed E-state index contributed by atoms with van der Waals surface area (Å²) in [5, 5.41) is 0.